The Kier molecular flexibility index (Phi) is 6.81. The molecule has 0 aliphatic rings. The lowest BCUT2D eigenvalue weighted by molar-refractivity contribution is -0.137. The summed E-state index contributed by atoms with van der Waals surface area (Å²) in [6, 6.07) is 11.1. The van der Waals surface area contributed by atoms with Gasteiger partial charge in [-0.25, -0.2) is 9.97 Å². The molecule has 0 radical (unpaired) electrons. The van der Waals surface area contributed by atoms with E-state index >= 15 is 0 Å². The molecule has 160 valence electrons. The highest BCUT2D eigenvalue weighted by Crippen LogP contribution is 2.35. The van der Waals surface area contributed by atoms with Crippen molar-refractivity contribution >= 4 is 40.9 Å². The van der Waals surface area contributed by atoms with Crippen LogP contribution >= 0.6 is 23.4 Å². The quantitative estimate of drug-likeness (QED) is 0.522. The van der Waals surface area contributed by atoms with Crippen molar-refractivity contribution in [1.82, 2.24) is 15.3 Å². The number of alkyl halides is 3. The number of nitrogens with zero attached hydrogens (tertiary/aromatic N) is 2. The Morgan fingerprint density at radius 3 is 2.35 bits per heavy atom. The van der Waals surface area contributed by atoms with Crippen LogP contribution in [0.3, 0.4) is 0 Å². The van der Waals surface area contributed by atoms with Crippen LogP contribution in [0, 0.1) is 0 Å². The summed E-state index contributed by atoms with van der Waals surface area (Å²) in [5.41, 5.74) is -0.621. The number of hydrogen-bond donors (Lipinski definition) is 2. The van der Waals surface area contributed by atoms with Gasteiger partial charge in [0.1, 0.15) is 17.0 Å². The molecule has 0 aliphatic heterocycles. The third-order valence-electron chi connectivity index (χ3n) is 3.97. The van der Waals surface area contributed by atoms with E-state index in [4.69, 9.17) is 11.6 Å². The molecule has 0 bridgehead atoms. The zero-order chi connectivity index (χ0) is 22.6. The molecule has 2 aromatic carbocycles. The number of hydrogen-bond acceptors (Lipinski definition) is 5. The van der Waals surface area contributed by atoms with Gasteiger partial charge < -0.3 is 10.6 Å². The zero-order valence-corrected chi connectivity index (χ0v) is 17.4. The highest BCUT2D eigenvalue weighted by atomic mass is 35.5. The second-order valence-corrected chi connectivity index (χ2v) is 7.59. The molecule has 0 saturated carbocycles. The smallest absolute Gasteiger partial charge is 0.354 e. The first kappa shape index (κ1) is 22.6. The number of benzene rings is 2. The first-order chi connectivity index (χ1) is 14.7. The minimum absolute atomic E-state index is 0.169. The largest absolute Gasteiger partial charge is 0.417 e. The van der Waals surface area contributed by atoms with Crippen LogP contribution in [0.5, 0.6) is 0 Å². The second kappa shape index (κ2) is 9.36. The van der Waals surface area contributed by atoms with Gasteiger partial charge in [0.25, 0.3) is 11.8 Å². The Hall–Kier alpha value is -3.11. The van der Waals surface area contributed by atoms with Crippen molar-refractivity contribution in [3.8, 4) is 0 Å². The van der Waals surface area contributed by atoms with E-state index in [-0.39, 0.29) is 17.2 Å². The van der Waals surface area contributed by atoms with E-state index < -0.39 is 22.7 Å². The van der Waals surface area contributed by atoms with Crippen molar-refractivity contribution < 1.29 is 22.8 Å². The van der Waals surface area contributed by atoms with Crippen LogP contribution in [0.4, 0.5) is 18.9 Å². The standard InChI is InChI=1S/C20H14ClF3N4O2S/c1-25-19(30)16-9-17(27-10-26-16)31-13-5-3-12(4-6-13)28-18(29)11-2-7-15(21)14(8-11)20(22,23)24/h2-10H,1H3,(H,25,30)(H,28,29). The molecule has 0 atom stereocenters. The lowest BCUT2D eigenvalue weighted by atomic mass is 10.1. The molecule has 0 unspecified atom stereocenters. The Morgan fingerprint density at radius 2 is 1.71 bits per heavy atom. The first-order valence-corrected chi connectivity index (χ1v) is 9.87. The average molecular weight is 467 g/mol. The predicted molar refractivity (Wildman–Crippen MR) is 110 cm³/mol. The van der Waals surface area contributed by atoms with Crippen LogP contribution in [-0.4, -0.2) is 28.8 Å². The molecule has 0 fully saturated rings. The third-order valence-corrected chi connectivity index (χ3v) is 5.24. The molecule has 31 heavy (non-hydrogen) atoms. The minimum Gasteiger partial charge on any atom is -0.354 e. The number of carbonyl (C=O) groups excluding carboxylic acids is 2. The molecule has 11 heteroatoms. The molecule has 0 spiro atoms. The van der Waals surface area contributed by atoms with Crippen molar-refractivity contribution in [2.45, 2.75) is 16.1 Å². The van der Waals surface area contributed by atoms with Gasteiger partial charge in [0.2, 0.25) is 0 Å². The molecular weight excluding hydrogens is 453 g/mol. The van der Waals surface area contributed by atoms with Gasteiger partial charge in [-0.2, -0.15) is 13.2 Å². The zero-order valence-electron chi connectivity index (χ0n) is 15.8. The van der Waals surface area contributed by atoms with Gasteiger partial charge in [-0.15, -0.1) is 0 Å². The van der Waals surface area contributed by atoms with Crippen molar-refractivity contribution in [3.05, 3.63) is 76.7 Å². The van der Waals surface area contributed by atoms with Gasteiger partial charge in [-0.05, 0) is 42.5 Å². The van der Waals surface area contributed by atoms with E-state index in [9.17, 15) is 22.8 Å². The van der Waals surface area contributed by atoms with Crippen molar-refractivity contribution in [1.29, 1.82) is 0 Å². The molecule has 0 saturated heterocycles. The molecule has 3 rings (SSSR count). The van der Waals surface area contributed by atoms with Crippen LogP contribution in [0.25, 0.3) is 0 Å². The molecule has 1 heterocycles. The van der Waals surface area contributed by atoms with E-state index in [0.29, 0.717) is 16.8 Å². The summed E-state index contributed by atoms with van der Waals surface area (Å²) in [5, 5.41) is 5.09. The number of aromatic nitrogens is 2. The summed E-state index contributed by atoms with van der Waals surface area (Å²) in [6.45, 7) is 0. The SMILES string of the molecule is CNC(=O)c1cc(Sc2ccc(NC(=O)c3ccc(Cl)c(C(F)(F)F)c3)cc2)ncn1. The minimum atomic E-state index is -4.66. The molecular formula is C20H14ClF3N4O2S. The van der Waals surface area contributed by atoms with Crippen molar-refractivity contribution in [2.75, 3.05) is 12.4 Å². The first-order valence-electron chi connectivity index (χ1n) is 8.67. The van der Waals surface area contributed by atoms with E-state index in [2.05, 4.69) is 20.6 Å². The van der Waals surface area contributed by atoms with Crippen LogP contribution in [0.15, 0.2) is 64.8 Å². The number of rotatable bonds is 5. The summed E-state index contributed by atoms with van der Waals surface area (Å²) in [6.07, 6.45) is -3.38. The molecule has 2 amide bonds. The van der Waals surface area contributed by atoms with Crippen LogP contribution in [0.2, 0.25) is 5.02 Å². The number of halogens is 4. The maximum Gasteiger partial charge on any atom is 0.417 e. The van der Waals surface area contributed by atoms with Gasteiger partial charge >= 0.3 is 6.18 Å². The topological polar surface area (TPSA) is 84.0 Å². The maximum atomic E-state index is 13.0. The Morgan fingerprint density at radius 1 is 1.00 bits per heavy atom. The van der Waals surface area contributed by atoms with E-state index in [1.807, 2.05) is 0 Å². The lowest BCUT2D eigenvalue weighted by Crippen LogP contribution is -2.19. The lowest BCUT2D eigenvalue weighted by Gasteiger charge is -2.11. The summed E-state index contributed by atoms with van der Waals surface area (Å²) in [4.78, 5) is 32.7. The predicted octanol–water partition coefficient (Wildman–Crippen LogP) is 4.91. The summed E-state index contributed by atoms with van der Waals surface area (Å²) in [5.74, 6) is -1.04. The van der Waals surface area contributed by atoms with Crippen LogP contribution in [-0.2, 0) is 6.18 Å². The van der Waals surface area contributed by atoms with E-state index in [1.54, 1.807) is 24.3 Å². The van der Waals surface area contributed by atoms with Crippen molar-refractivity contribution in [2.24, 2.45) is 0 Å². The van der Waals surface area contributed by atoms with E-state index in [0.717, 1.165) is 11.0 Å². The van der Waals surface area contributed by atoms with Crippen LogP contribution < -0.4 is 10.6 Å². The average Bonchev–Trinajstić information content (AvgIpc) is 2.74. The Labute approximate surface area is 184 Å². The molecule has 0 aliphatic carbocycles. The van der Waals surface area contributed by atoms with Gasteiger partial charge in [-0.1, -0.05) is 23.4 Å². The monoisotopic (exact) mass is 466 g/mol. The molecule has 1 aromatic heterocycles. The highest BCUT2D eigenvalue weighted by Gasteiger charge is 2.33. The summed E-state index contributed by atoms with van der Waals surface area (Å²) < 4.78 is 38.9. The van der Waals surface area contributed by atoms with E-state index in [1.165, 1.54) is 37.3 Å². The summed E-state index contributed by atoms with van der Waals surface area (Å²) in [7, 11) is 1.50. The van der Waals surface area contributed by atoms with Gasteiger partial charge in [-0.3, -0.25) is 9.59 Å². The maximum absolute atomic E-state index is 13.0. The van der Waals surface area contributed by atoms with Gasteiger partial charge in [0, 0.05) is 29.3 Å². The van der Waals surface area contributed by atoms with Crippen LogP contribution in [0.1, 0.15) is 26.4 Å². The van der Waals surface area contributed by atoms with Gasteiger partial charge in [0.05, 0.1) is 10.6 Å². The Balaban J connectivity index is 1.70. The third kappa shape index (κ3) is 5.74. The number of anilines is 1. The van der Waals surface area contributed by atoms with Gasteiger partial charge in [0.15, 0.2) is 0 Å². The fourth-order valence-corrected chi connectivity index (χ4v) is 3.47. The molecule has 3 aromatic rings. The normalized spacial score (nSPS) is 11.1. The fourth-order valence-electron chi connectivity index (χ4n) is 2.46. The fraction of sp³-hybridized carbons (Fsp3) is 0.100. The molecule has 6 nitrogen and oxygen atoms in total. The number of amides is 2. The Bertz CT molecular complexity index is 1120. The van der Waals surface area contributed by atoms with Crippen molar-refractivity contribution in [3.63, 3.8) is 0 Å². The number of carbonyl (C=O) groups is 2. The highest BCUT2D eigenvalue weighted by molar-refractivity contribution is 7.99. The number of nitrogens with one attached hydrogen (secondary N) is 2. The second-order valence-electron chi connectivity index (χ2n) is 6.09. The molecule has 2 N–H and O–H groups in total. The summed E-state index contributed by atoms with van der Waals surface area (Å²) >= 11 is 6.86.